The van der Waals surface area contributed by atoms with Crippen molar-refractivity contribution in [3.8, 4) is 11.5 Å². The summed E-state index contributed by atoms with van der Waals surface area (Å²) in [5, 5.41) is 21.1. The third-order valence-electron chi connectivity index (χ3n) is 1.88. The number of nitrogens with zero attached hydrogens (tertiary/aromatic N) is 2. The molecule has 7 heteroatoms. The van der Waals surface area contributed by atoms with Crippen molar-refractivity contribution in [3.63, 3.8) is 0 Å². The standard InChI is InChI=1S/C6H6O2.C5H10N4O/c7-5-2-1-3-6(8)4-5;1-2-10-9-5(7)4(6)3-8-9/h1-4,7-8H;3H,2,6-7H2,1H3. The number of hydrogen-bond acceptors (Lipinski definition) is 6. The molecule has 0 aliphatic rings. The van der Waals surface area contributed by atoms with Crippen LogP contribution in [0, 0.1) is 0 Å². The van der Waals surface area contributed by atoms with Gasteiger partial charge in [-0.05, 0) is 19.1 Å². The maximum absolute atomic E-state index is 8.65. The molecule has 18 heavy (non-hydrogen) atoms. The average Bonchev–Trinajstić information content (AvgIpc) is 2.62. The van der Waals surface area contributed by atoms with Crippen molar-refractivity contribution in [2.24, 2.45) is 0 Å². The summed E-state index contributed by atoms with van der Waals surface area (Å²) < 4.78 is 0. The first kappa shape index (κ1) is 13.5. The third-order valence-corrected chi connectivity index (χ3v) is 1.88. The van der Waals surface area contributed by atoms with E-state index in [4.69, 9.17) is 26.5 Å². The lowest BCUT2D eigenvalue weighted by Crippen LogP contribution is -2.14. The Balaban J connectivity index is 0.000000184. The summed E-state index contributed by atoms with van der Waals surface area (Å²) in [6.45, 7) is 2.36. The second-order valence-electron chi connectivity index (χ2n) is 3.30. The van der Waals surface area contributed by atoms with Gasteiger partial charge in [0.05, 0.1) is 11.9 Å². The van der Waals surface area contributed by atoms with Gasteiger partial charge in [0, 0.05) is 6.07 Å². The molecule has 6 N–H and O–H groups in total. The van der Waals surface area contributed by atoms with Crippen molar-refractivity contribution in [1.29, 1.82) is 0 Å². The van der Waals surface area contributed by atoms with E-state index in [0.717, 1.165) is 0 Å². The quantitative estimate of drug-likeness (QED) is 0.621. The number of nitrogen functional groups attached to an aromatic ring is 2. The summed E-state index contributed by atoms with van der Waals surface area (Å²) in [6.07, 6.45) is 1.45. The fourth-order valence-electron chi connectivity index (χ4n) is 1.07. The molecule has 2 rings (SSSR count). The number of rotatable bonds is 2. The molecule has 7 nitrogen and oxygen atoms in total. The summed E-state index contributed by atoms with van der Waals surface area (Å²) in [4.78, 5) is 6.16. The highest BCUT2D eigenvalue weighted by molar-refractivity contribution is 5.56. The predicted molar refractivity (Wildman–Crippen MR) is 67.9 cm³/mol. The number of hydrogen-bond donors (Lipinski definition) is 4. The van der Waals surface area contributed by atoms with Crippen LogP contribution in [0.2, 0.25) is 0 Å². The van der Waals surface area contributed by atoms with Crippen molar-refractivity contribution >= 4 is 11.5 Å². The van der Waals surface area contributed by atoms with E-state index in [0.29, 0.717) is 18.1 Å². The first-order chi connectivity index (χ1) is 8.54. The minimum atomic E-state index is 0.0880. The molecule has 0 atom stereocenters. The summed E-state index contributed by atoms with van der Waals surface area (Å²) in [6, 6.07) is 5.85. The first-order valence-corrected chi connectivity index (χ1v) is 5.24. The van der Waals surface area contributed by atoms with Gasteiger partial charge in [-0.25, -0.2) is 0 Å². The molecule has 0 bridgehead atoms. The second kappa shape index (κ2) is 6.24. The monoisotopic (exact) mass is 252 g/mol. The van der Waals surface area contributed by atoms with Gasteiger partial charge in [0.2, 0.25) is 0 Å². The molecule has 0 amide bonds. The molecule has 0 saturated heterocycles. The fourth-order valence-corrected chi connectivity index (χ4v) is 1.07. The Kier molecular flexibility index (Phi) is 4.67. The molecule has 0 unspecified atom stereocenters. The molecule has 1 aromatic heterocycles. The zero-order chi connectivity index (χ0) is 13.5. The number of aromatic nitrogens is 2. The van der Waals surface area contributed by atoms with Crippen LogP contribution in [0.25, 0.3) is 0 Å². The Morgan fingerprint density at radius 3 is 2.22 bits per heavy atom. The molecule has 1 aromatic carbocycles. The average molecular weight is 252 g/mol. The lowest BCUT2D eigenvalue weighted by atomic mass is 10.3. The first-order valence-electron chi connectivity index (χ1n) is 5.24. The third kappa shape index (κ3) is 3.78. The Bertz CT molecular complexity index is 482. The molecular weight excluding hydrogens is 236 g/mol. The van der Waals surface area contributed by atoms with Crippen LogP contribution in [0.4, 0.5) is 11.5 Å². The summed E-state index contributed by atoms with van der Waals surface area (Å²) >= 11 is 0. The minimum Gasteiger partial charge on any atom is -0.508 e. The summed E-state index contributed by atoms with van der Waals surface area (Å²) in [5.74, 6) is 0.525. The van der Waals surface area contributed by atoms with Gasteiger partial charge in [0.1, 0.15) is 18.1 Å². The smallest absolute Gasteiger partial charge is 0.186 e. The van der Waals surface area contributed by atoms with Gasteiger partial charge in [-0.2, -0.15) is 0 Å². The molecule has 0 spiro atoms. The number of phenols is 2. The number of benzene rings is 1. The van der Waals surface area contributed by atoms with Crippen molar-refractivity contribution in [2.45, 2.75) is 6.92 Å². The van der Waals surface area contributed by atoms with Crippen molar-refractivity contribution in [2.75, 3.05) is 18.1 Å². The van der Waals surface area contributed by atoms with E-state index in [2.05, 4.69) is 5.10 Å². The van der Waals surface area contributed by atoms with Gasteiger partial charge in [0.15, 0.2) is 5.82 Å². The van der Waals surface area contributed by atoms with E-state index in [1.165, 1.54) is 29.2 Å². The molecule has 2 aromatic rings. The largest absolute Gasteiger partial charge is 0.508 e. The van der Waals surface area contributed by atoms with E-state index < -0.39 is 0 Å². The number of phenolic OH excluding ortho intramolecular Hbond substituents is 2. The highest BCUT2D eigenvalue weighted by atomic mass is 16.7. The summed E-state index contributed by atoms with van der Waals surface area (Å²) in [5.41, 5.74) is 11.3. The van der Waals surface area contributed by atoms with Crippen LogP contribution in [-0.2, 0) is 0 Å². The molecule has 0 aliphatic carbocycles. The van der Waals surface area contributed by atoms with E-state index in [-0.39, 0.29) is 11.5 Å². The molecule has 0 fully saturated rings. The Morgan fingerprint density at radius 1 is 1.28 bits per heavy atom. The number of aromatic hydroxyl groups is 2. The zero-order valence-corrected chi connectivity index (χ0v) is 9.95. The molecule has 98 valence electrons. The van der Waals surface area contributed by atoms with E-state index in [1.54, 1.807) is 6.07 Å². The number of anilines is 2. The van der Waals surface area contributed by atoms with Gasteiger partial charge >= 0.3 is 0 Å². The van der Waals surface area contributed by atoms with Gasteiger partial charge in [0.25, 0.3) is 0 Å². The molecule has 0 aliphatic heterocycles. The fraction of sp³-hybridized carbons (Fsp3) is 0.182. The van der Waals surface area contributed by atoms with Gasteiger partial charge in [-0.3, -0.25) is 0 Å². The SMILES string of the molecule is CCOn1ncc(N)c1N.Oc1cccc(O)c1. The van der Waals surface area contributed by atoms with Crippen LogP contribution in [-0.4, -0.2) is 26.8 Å². The lowest BCUT2D eigenvalue weighted by Gasteiger charge is -2.01. The van der Waals surface area contributed by atoms with Crippen LogP contribution in [0.1, 0.15) is 6.92 Å². The van der Waals surface area contributed by atoms with Crippen LogP contribution < -0.4 is 16.3 Å². The Morgan fingerprint density at radius 2 is 1.89 bits per heavy atom. The maximum atomic E-state index is 8.65. The van der Waals surface area contributed by atoms with Crippen LogP contribution in [0.3, 0.4) is 0 Å². The Hall–Kier alpha value is -2.57. The van der Waals surface area contributed by atoms with Crippen LogP contribution in [0.15, 0.2) is 30.5 Å². The highest BCUT2D eigenvalue weighted by Gasteiger charge is 2.01. The minimum absolute atomic E-state index is 0.0880. The van der Waals surface area contributed by atoms with Crippen LogP contribution >= 0.6 is 0 Å². The van der Waals surface area contributed by atoms with Crippen molar-refractivity contribution in [3.05, 3.63) is 30.5 Å². The van der Waals surface area contributed by atoms with E-state index in [9.17, 15) is 0 Å². The van der Waals surface area contributed by atoms with Gasteiger partial charge < -0.3 is 26.5 Å². The van der Waals surface area contributed by atoms with Crippen molar-refractivity contribution < 1.29 is 15.1 Å². The lowest BCUT2D eigenvalue weighted by molar-refractivity contribution is 0.0979. The highest BCUT2D eigenvalue weighted by Crippen LogP contribution is 2.14. The molecule has 1 heterocycles. The van der Waals surface area contributed by atoms with E-state index in [1.807, 2.05) is 6.92 Å². The van der Waals surface area contributed by atoms with Crippen molar-refractivity contribution in [1.82, 2.24) is 9.94 Å². The second-order valence-corrected chi connectivity index (χ2v) is 3.30. The molecule has 0 saturated carbocycles. The topological polar surface area (TPSA) is 120 Å². The van der Waals surface area contributed by atoms with Gasteiger partial charge in [-0.1, -0.05) is 10.9 Å². The number of nitrogens with two attached hydrogens (primary N) is 2. The predicted octanol–water partition coefficient (Wildman–Crippen LogP) is 0.594. The van der Waals surface area contributed by atoms with E-state index >= 15 is 0 Å². The molecular formula is C11H16N4O3. The zero-order valence-electron chi connectivity index (χ0n) is 9.95. The summed E-state index contributed by atoms with van der Waals surface area (Å²) in [7, 11) is 0. The normalized spacial score (nSPS) is 9.39. The maximum Gasteiger partial charge on any atom is 0.186 e. The Labute approximate surface area is 104 Å². The van der Waals surface area contributed by atoms with Gasteiger partial charge in [-0.15, -0.1) is 5.10 Å². The molecule has 0 radical (unpaired) electrons. The van der Waals surface area contributed by atoms with Crippen LogP contribution in [0.5, 0.6) is 11.5 Å².